The van der Waals surface area contributed by atoms with Gasteiger partial charge in [0.15, 0.2) is 0 Å². The molecule has 1 aromatic rings. The van der Waals surface area contributed by atoms with Crippen molar-refractivity contribution < 1.29 is 14.7 Å². The normalized spacial score (nSPS) is 19.4. The van der Waals surface area contributed by atoms with Crippen LogP contribution in [0.25, 0.3) is 0 Å². The van der Waals surface area contributed by atoms with Gasteiger partial charge in [0.25, 0.3) is 0 Å². The maximum atomic E-state index is 12.2. The number of fused-ring (bicyclic) bond motifs is 1. The average Bonchev–Trinajstić information content (AvgIpc) is 2.97. The molecular weight excluding hydrogens is 340 g/mol. The van der Waals surface area contributed by atoms with Crippen molar-refractivity contribution in [2.75, 3.05) is 18.4 Å². The molecule has 1 unspecified atom stereocenters. The third-order valence-electron chi connectivity index (χ3n) is 3.81. The second-order valence-electron chi connectivity index (χ2n) is 5.31. The van der Waals surface area contributed by atoms with E-state index >= 15 is 0 Å². The fourth-order valence-electron chi connectivity index (χ4n) is 2.74. The summed E-state index contributed by atoms with van der Waals surface area (Å²) in [6, 6.07) is 4.84. The topological polar surface area (TPSA) is 94.4 Å². The summed E-state index contributed by atoms with van der Waals surface area (Å²) < 4.78 is 8.30. The molecule has 7 nitrogen and oxygen atoms in total. The molecule has 1 atom stereocenters. The Kier molecular flexibility index (Phi) is 5.86. The van der Waals surface area contributed by atoms with Gasteiger partial charge in [-0.1, -0.05) is 12.5 Å². The van der Waals surface area contributed by atoms with E-state index in [0.717, 1.165) is 29.9 Å². The van der Waals surface area contributed by atoms with Gasteiger partial charge in [-0.25, -0.2) is 0 Å². The number of nitrogens with zero attached hydrogens (tertiary/aromatic N) is 3. The lowest BCUT2D eigenvalue weighted by atomic mass is 10.0. The van der Waals surface area contributed by atoms with Crippen LogP contribution in [-0.2, 0) is 20.9 Å². The van der Waals surface area contributed by atoms with Crippen LogP contribution in [0.5, 0.6) is 0 Å². The summed E-state index contributed by atoms with van der Waals surface area (Å²) in [4.78, 5) is 25.2. The molecule has 1 fully saturated rings. The molecule has 0 spiro atoms. The molecule has 0 saturated carbocycles. The number of aliphatic carboxylic acids is 1. The molecular formula is C14H17ClN4O3S. The van der Waals surface area contributed by atoms with E-state index in [0.29, 0.717) is 24.3 Å². The summed E-state index contributed by atoms with van der Waals surface area (Å²) in [6.07, 6.45) is 2.40. The number of carboxylic acid groups (broad SMARTS) is 1. The molecule has 0 radical (unpaired) electrons. The van der Waals surface area contributed by atoms with Crippen molar-refractivity contribution in [3.63, 3.8) is 0 Å². The van der Waals surface area contributed by atoms with E-state index in [1.807, 2.05) is 6.07 Å². The lowest BCUT2D eigenvalue weighted by Gasteiger charge is -2.32. The molecule has 2 N–H and O–H groups in total. The van der Waals surface area contributed by atoms with E-state index in [1.54, 1.807) is 17.0 Å². The van der Waals surface area contributed by atoms with Crippen LogP contribution >= 0.6 is 12.4 Å². The molecule has 1 saturated heterocycles. The van der Waals surface area contributed by atoms with Crippen molar-refractivity contribution in [2.24, 2.45) is 8.73 Å². The van der Waals surface area contributed by atoms with E-state index in [2.05, 4.69) is 14.0 Å². The van der Waals surface area contributed by atoms with Crippen molar-refractivity contribution in [2.45, 2.75) is 25.3 Å². The number of piperidine rings is 1. The number of nitrogens with one attached hydrogen (secondary N) is 1. The van der Waals surface area contributed by atoms with Gasteiger partial charge >= 0.3 is 5.97 Å². The lowest BCUT2D eigenvalue weighted by molar-refractivity contribution is -0.145. The van der Waals surface area contributed by atoms with Crippen LogP contribution in [0.1, 0.15) is 19.3 Å². The van der Waals surface area contributed by atoms with Gasteiger partial charge in [-0.05, 0) is 31.5 Å². The number of carboxylic acids is 1. The Hall–Kier alpha value is -1.77. The van der Waals surface area contributed by atoms with E-state index < -0.39 is 12.0 Å². The Labute approximate surface area is 143 Å². The minimum Gasteiger partial charge on any atom is -0.480 e. The zero-order valence-electron chi connectivity index (χ0n) is 12.3. The first-order valence-electron chi connectivity index (χ1n) is 7.13. The first-order chi connectivity index (χ1) is 10.6. The van der Waals surface area contributed by atoms with Crippen LogP contribution in [0.15, 0.2) is 26.9 Å². The smallest absolute Gasteiger partial charge is 0.320 e. The Morgan fingerprint density at radius 3 is 2.96 bits per heavy atom. The highest BCUT2D eigenvalue weighted by Crippen LogP contribution is 2.38. The van der Waals surface area contributed by atoms with Crippen molar-refractivity contribution >= 4 is 52.7 Å². The molecule has 0 bridgehead atoms. The molecule has 1 aromatic carbocycles. The summed E-state index contributed by atoms with van der Waals surface area (Å²) in [7, 11) is 0. The van der Waals surface area contributed by atoms with Crippen LogP contribution in [-0.4, -0.2) is 41.0 Å². The zero-order chi connectivity index (χ0) is 15.5. The molecule has 3 rings (SSSR count). The average molecular weight is 357 g/mol. The summed E-state index contributed by atoms with van der Waals surface area (Å²) in [5.74, 6) is -1.09. The maximum absolute atomic E-state index is 12.2. The predicted molar refractivity (Wildman–Crippen MR) is 90.7 cm³/mol. The third kappa shape index (κ3) is 3.95. The highest BCUT2D eigenvalue weighted by Gasteiger charge is 2.29. The SMILES string of the molecule is Cl.O=C(CN1CCCCC1C(=O)O)Nc1cccc2c1N=S=N2. The minimum atomic E-state index is -0.863. The largest absolute Gasteiger partial charge is 0.480 e. The van der Waals surface area contributed by atoms with Crippen molar-refractivity contribution in [3.8, 4) is 0 Å². The van der Waals surface area contributed by atoms with Gasteiger partial charge in [0.2, 0.25) is 5.91 Å². The van der Waals surface area contributed by atoms with E-state index in [-0.39, 0.29) is 24.9 Å². The van der Waals surface area contributed by atoms with Crippen molar-refractivity contribution in [3.05, 3.63) is 18.2 Å². The fraction of sp³-hybridized carbons (Fsp3) is 0.429. The second kappa shape index (κ2) is 7.67. The van der Waals surface area contributed by atoms with Gasteiger partial charge in [0.05, 0.1) is 23.6 Å². The molecule has 23 heavy (non-hydrogen) atoms. The molecule has 1 amide bonds. The maximum Gasteiger partial charge on any atom is 0.320 e. The van der Waals surface area contributed by atoms with Crippen LogP contribution < -0.4 is 5.32 Å². The minimum absolute atomic E-state index is 0. The number of rotatable bonds is 4. The van der Waals surface area contributed by atoms with Crippen molar-refractivity contribution in [1.82, 2.24) is 4.90 Å². The van der Waals surface area contributed by atoms with Gasteiger partial charge in [-0.3, -0.25) is 14.5 Å². The van der Waals surface area contributed by atoms with Gasteiger partial charge in [-0.15, -0.1) is 12.4 Å². The monoisotopic (exact) mass is 356 g/mol. The standard InChI is InChI=1S/C14H16N4O3S.ClH/c19-12(8-18-7-2-1-6-11(18)14(20)21)15-9-4-3-5-10-13(9)17-22-16-10;/h3-5,11H,1-2,6-8H2,(H,15,19)(H,20,21);1H. The summed E-state index contributed by atoms with van der Waals surface area (Å²) in [5, 5.41) is 12.0. The van der Waals surface area contributed by atoms with E-state index in [9.17, 15) is 14.7 Å². The molecule has 0 aromatic heterocycles. The van der Waals surface area contributed by atoms with E-state index in [1.165, 1.54) is 0 Å². The summed E-state index contributed by atoms with van der Waals surface area (Å²) in [5.41, 5.74) is 2.01. The number of carbonyl (C=O) groups excluding carboxylic acids is 1. The Balaban J connectivity index is 0.00000192. The first kappa shape index (κ1) is 17.6. The number of hydrogen-bond acceptors (Lipinski definition) is 5. The Bertz CT molecular complexity index is 691. The fourth-order valence-corrected chi connectivity index (χ4v) is 3.29. The zero-order valence-corrected chi connectivity index (χ0v) is 13.9. The highest BCUT2D eigenvalue weighted by atomic mass is 35.5. The number of halogens is 1. The summed E-state index contributed by atoms with van der Waals surface area (Å²) in [6.45, 7) is 0.706. The number of likely N-dealkylation sites (tertiary alicyclic amines) is 1. The summed E-state index contributed by atoms with van der Waals surface area (Å²) >= 11 is 1.09. The second-order valence-corrected chi connectivity index (χ2v) is 5.83. The van der Waals surface area contributed by atoms with Crippen molar-refractivity contribution in [1.29, 1.82) is 0 Å². The number of anilines is 1. The number of amides is 1. The van der Waals surface area contributed by atoms with Gasteiger partial charge in [0.1, 0.15) is 17.4 Å². The Morgan fingerprint density at radius 2 is 2.17 bits per heavy atom. The number of hydrogen-bond donors (Lipinski definition) is 2. The molecule has 9 heteroatoms. The molecule has 2 aliphatic rings. The Morgan fingerprint density at radius 1 is 1.35 bits per heavy atom. The quantitative estimate of drug-likeness (QED) is 0.880. The molecule has 2 aliphatic heterocycles. The van der Waals surface area contributed by atoms with Crippen LogP contribution in [0.3, 0.4) is 0 Å². The van der Waals surface area contributed by atoms with Gasteiger partial charge < -0.3 is 10.4 Å². The number of carbonyl (C=O) groups is 2. The van der Waals surface area contributed by atoms with E-state index in [4.69, 9.17) is 0 Å². The molecule has 124 valence electrons. The van der Waals surface area contributed by atoms with Crippen LogP contribution in [0.2, 0.25) is 0 Å². The third-order valence-corrected chi connectivity index (χ3v) is 4.35. The van der Waals surface area contributed by atoms with Crippen LogP contribution in [0.4, 0.5) is 17.1 Å². The first-order valence-corrected chi connectivity index (χ1v) is 7.86. The lowest BCUT2D eigenvalue weighted by Crippen LogP contribution is -2.47. The predicted octanol–water partition coefficient (Wildman–Crippen LogP) is 2.71. The molecule has 2 heterocycles. The van der Waals surface area contributed by atoms with Gasteiger partial charge in [-0.2, -0.15) is 8.73 Å². The molecule has 0 aliphatic carbocycles. The van der Waals surface area contributed by atoms with Gasteiger partial charge in [0, 0.05) is 0 Å². The highest BCUT2D eigenvalue weighted by molar-refractivity contribution is 7.58. The van der Waals surface area contributed by atoms with Crippen LogP contribution in [0, 0.1) is 0 Å². The number of benzene rings is 1.